The summed E-state index contributed by atoms with van der Waals surface area (Å²) < 4.78 is 13.0. The van der Waals surface area contributed by atoms with E-state index < -0.39 is 11.6 Å². The quantitative estimate of drug-likeness (QED) is 0.771. The highest BCUT2D eigenvalue weighted by molar-refractivity contribution is 5.94. The van der Waals surface area contributed by atoms with E-state index >= 15 is 0 Å². The topological polar surface area (TPSA) is 74.8 Å². The lowest BCUT2D eigenvalue weighted by Crippen LogP contribution is -2.88. The number of halogens is 1. The summed E-state index contributed by atoms with van der Waals surface area (Å²) in [5.41, 5.74) is 0.552. The van der Waals surface area contributed by atoms with Crippen molar-refractivity contribution in [1.82, 2.24) is 10.6 Å². The van der Waals surface area contributed by atoms with Gasteiger partial charge in [-0.3, -0.25) is 10.1 Å². The molecule has 5 nitrogen and oxygen atoms in total. The van der Waals surface area contributed by atoms with Crippen LogP contribution in [0, 0.1) is 11.7 Å². The molecule has 0 bridgehead atoms. The number of nitrogens with one attached hydrogen (secondary N) is 2. The molecule has 6 heteroatoms. The van der Waals surface area contributed by atoms with Crippen LogP contribution in [0.25, 0.3) is 0 Å². The summed E-state index contributed by atoms with van der Waals surface area (Å²) in [5.74, 6) is -0.385. The van der Waals surface area contributed by atoms with E-state index in [-0.39, 0.29) is 30.2 Å². The Kier molecular flexibility index (Phi) is 6.69. The maximum atomic E-state index is 13.0. The van der Waals surface area contributed by atoms with Crippen LogP contribution in [0.1, 0.15) is 46.2 Å². The molecule has 23 heavy (non-hydrogen) atoms. The van der Waals surface area contributed by atoms with Gasteiger partial charge in [0.1, 0.15) is 11.9 Å². The number of amides is 3. The van der Waals surface area contributed by atoms with Crippen molar-refractivity contribution in [2.24, 2.45) is 5.92 Å². The number of hydrogen-bond donors (Lipinski definition) is 3. The number of benzene rings is 1. The van der Waals surface area contributed by atoms with E-state index in [1.54, 1.807) is 12.1 Å². The van der Waals surface area contributed by atoms with E-state index in [1.807, 2.05) is 39.9 Å². The Labute approximate surface area is 137 Å². The van der Waals surface area contributed by atoms with Gasteiger partial charge in [-0.2, -0.15) is 0 Å². The van der Waals surface area contributed by atoms with Crippen molar-refractivity contribution in [2.75, 3.05) is 6.54 Å². The minimum atomic E-state index is -0.501. The molecule has 128 valence electrons. The lowest BCUT2D eigenvalue weighted by molar-refractivity contribution is -0.692. The molecule has 0 saturated heterocycles. The number of hydrogen-bond acceptors (Lipinski definition) is 2. The molecule has 0 saturated carbocycles. The number of rotatable bonds is 5. The van der Waals surface area contributed by atoms with Gasteiger partial charge in [0.15, 0.2) is 6.54 Å². The van der Waals surface area contributed by atoms with Gasteiger partial charge in [-0.1, -0.05) is 26.0 Å². The lowest BCUT2D eigenvalue weighted by Gasteiger charge is -2.21. The Balaban J connectivity index is 2.57. The molecule has 0 radical (unpaired) electrons. The standard InChI is InChI=1S/C17H26FN3O2/c1-11(2)15(12-6-8-13(18)9-7-12)19-10-14(22)20-16(23)21-17(3,4)5/h6-9,11,15,19H,10H2,1-5H3,(H2,20,21,22,23)/p+1/t15-/m0/s1. The van der Waals surface area contributed by atoms with Crippen LogP contribution in [-0.4, -0.2) is 24.0 Å². The summed E-state index contributed by atoms with van der Waals surface area (Å²) in [6.45, 7) is 9.72. The first-order valence-electron chi connectivity index (χ1n) is 7.79. The van der Waals surface area contributed by atoms with E-state index in [9.17, 15) is 14.0 Å². The second kappa shape index (κ2) is 8.06. The Bertz CT molecular complexity index is 536. The van der Waals surface area contributed by atoms with Gasteiger partial charge in [0.2, 0.25) is 0 Å². The van der Waals surface area contributed by atoms with Crippen molar-refractivity contribution >= 4 is 11.9 Å². The molecular weight excluding hydrogens is 297 g/mol. The highest BCUT2D eigenvalue weighted by atomic mass is 19.1. The first-order chi connectivity index (χ1) is 10.6. The zero-order valence-electron chi connectivity index (χ0n) is 14.4. The van der Waals surface area contributed by atoms with Crippen LogP contribution in [0.3, 0.4) is 0 Å². The van der Waals surface area contributed by atoms with Gasteiger partial charge >= 0.3 is 6.03 Å². The fraction of sp³-hybridized carbons (Fsp3) is 0.529. The van der Waals surface area contributed by atoms with E-state index in [2.05, 4.69) is 10.6 Å². The summed E-state index contributed by atoms with van der Waals surface area (Å²) in [5, 5.41) is 6.84. The number of urea groups is 1. The summed E-state index contributed by atoms with van der Waals surface area (Å²) in [6, 6.07) is 5.79. The maximum absolute atomic E-state index is 13.0. The normalized spacial score (nSPS) is 12.8. The van der Waals surface area contributed by atoms with Crippen molar-refractivity contribution < 1.29 is 19.3 Å². The molecule has 0 spiro atoms. The maximum Gasteiger partial charge on any atom is 0.322 e. The average Bonchev–Trinajstić information content (AvgIpc) is 2.38. The summed E-state index contributed by atoms with van der Waals surface area (Å²) in [6.07, 6.45) is 0. The predicted molar refractivity (Wildman–Crippen MR) is 87.2 cm³/mol. The molecule has 0 aliphatic carbocycles. The summed E-state index contributed by atoms with van der Waals surface area (Å²) in [7, 11) is 0. The third-order valence-corrected chi connectivity index (χ3v) is 3.27. The highest BCUT2D eigenvalue weighted by Gasteiger charge is 2.22. The number of imide groups is 1. The number of carbonyl (C=O) groups excluding carboxylic acids is 2. The van der Waals surface area contributed by atoms with Gasteiger partial charge in [0, 0.05) is 17.0 Å². The predicted octanol–water partition coefficient (Wildman–Crippen LogP) is 1.71. The molecule has 0 aliphatic heterocycles. The van der Waals surface area contributed by atoms with Crippen molar-refractivity contribution in [2.45, 2.75) is 46.2 Å². The van der Waals surface area contributed by atoms with Crippen molar-refractivity contribution in [1.29, 1.82) is 0 Å². The number of quaternary nitrogens is 1. The molecule has 0 unspecified atom stereocenters. The molecule has 0 heterocycles. The molecule has 1 aromatic carbocycles. The Morgan fingerprint density at radius 1 is 1.17 bits per heavy atom. The molecular formula is C17H27FN3O2+. The number of carbonyl (C=O) groups is 2. The largest absolute Gasteiger partial charge is 0.333 e. The van der Waals surface area contributed by atoms with Crippen molar-refractivity contribution in [3.63, 3.8) is 0 Å². The Hall–Kier alpha value is -1.95. The monoisotopic (exact) mass is 324 g/mol. The smallest absolute Gasteiger partial charge is 0.322 e. The minimum Gasteiger partial charge on any atom is -0.333 e. The highest BCUT2D eigenvalue weighted by Crippen LogP contribution is 2.17. The molecule has 0 fully saturated rings. The molecule has 1 rings (SSSR count). The van der Waals surface area contributed by atoms with E-state index in [0.29, 0.717) is 0 Å². The van der Waals surface area contributed by atoms with Gasteiger partial charge in [-0.15, -0.1) is 0 Å². The first kappa shape index (κ1) is 19.1. The van der Waals surface area contributed by atoms with Gasteiger partial charge in [0.25, 0.3) is 5.91 Å². The third-order valence-electron chi connectivity index (χ3n) is 3.27. The summed E-state index contributed by atoms with van der Waals surface area (Å²) in [4.78, 5) is 23.5. The molecule has 4 N–H and O–H groups in total. The summed E-state index contributed by atoms with van der Waals surface area (Å²) >= 11 is 0. The van der Waals surface area contributed by atoms with E-state index in [4.69, 9.17) is 0 Å². The van der Waals surface area contributed by atoms with Crippen LogP contribution >= 0.6 is 0 Å². The zero-order chi connectivity index (χ0) is 17.6. The van der Waals surface area contributed by atoms with Crippen LogP contribution in [-0.2, 0) is 4.79 Å². The van der Waals surface area contributed by atoms with Crippen LogP contribution < -0.4 is 16.0 Å². The molecule has 0 aromatic heterocycles. The van der Waals surface area contributed by atoms with Crippen molar-refractivity contribution in [3.05, 3.63) is 35.6 Å². The van der Waals surface area contributed by atoms with Gasteiger partial charge in [-0.05, 0) is 32.9 Å². The molecule has 1 atom stereocenters. The lowest BCUT2D eigenvalue weighted by atomic mass is 9.96. The average molecular weight is 324 g/mol. The van der Waals surface area contributed by atoms with Crippen LogP contribution in [0.15, 0.2) is 24.3 Å². The Morgan fingerprint density at radius 3 is 2.22 bits per heavy atom. The second-order valence-corrected chi connectivity index (χ2v) is 7.01. The Morgan fingerprint density at radius 2 is 1.74 bits per heavy atom. The zero-order valence-corrected chi connectivity index (χ0v) is 14.4. The van der Waals surface area contributed by atoms with Crippen molar-refractivity contribution in [3.8, 4) is 0 Å². The fourth-order valence-electron chi connectivity index (χ4n) is 2.26. The molecule has 1 aromatic rings. The van der Waals surface area contributed by atoms with Crippen LogP contribution in [0.4, 0.5) is 9.18 Å². The first-order valence-corrected chi connectivity index (χ1v) is 7.79. The third kappa shape index (κ3) is 7.23. The minimum absolute atomic E-state index is 0.0204. The van der Waals surface area contributed by atoms with Crippen LogP contribution in [0.5, 0.6) is 0 Å². The number of nitrogens with two attached hydrogens (primary N) is 1. The second-order valence-electron chi connectivity index (χ2n) is 7.01. The SMILES string of the molecule is CC(C)[C@H]([NH2+]CC(=O)NC(=O)NC(C)(C)C)c1ccc(F)cc1. The molecule has 0 aliphatic rings. The van der Waals surface area contributed by atoms with Gasteiger partial charge in [0.05, 0.1) is 0 Å². The van der Waals surface area contributed by atoms with Gasteiger partial charge in [-0.25, -0.2) is 9.18 Å². The van der Waals surface area contributed by atoms with E-state index in [1.165, 1.54) is 12.1 Å². The van der Waals surface area contributed by atoms with Gasteiger partial charge < -0.3 is 10.6 Å². The van der Waals surface area contributed by atoms with E-state index in [0.717, 1.165) is 5.56 Å². The fourth-order valence-corrected chi connectivity index (χ4v) is 2.26. The van der Waals surface area contributed by atoms with Crippen LogP contribution in [0.2, 0.25) is 0 Å². The molecule has 3 amide bonds.